The van der Waals surface area contributed by atoms with Crippen LogP contribution in [0.4, 0.5) is 0 Å². The highest BCUT2D eigenvalue weighted by atomic mass is 32.2. The molecule has 13 N–H and O–H groups in total. The standard InChI is InChI=1S/C49H36N2O25S/c52-5-6-77-41-28-29-27-16(11-23(57)34(61)38(27)76-49(29,69)42-30(41)50-17-3-1-2-4-18(17)51-42)46(67)74-40-39-37(72-47(28)68)24(71-48(40)75-43(64)13-7-19(53)31(58)20(54)8-13)12-70-44(65)14-9-21(55)32(59)35(62)25(14)26-15(45(66)73-39)10-22(56)33(60)36(26)63/h1-4,7-11,24,28-29,37,39-41,48,52-63,69H,5-6,12H2/t24-,28-,29-,37-,39-,40-,41+,48+,49-/m1/s1. The number of phenolic OH excluding ortho intramolecular Hbond substituents is 11. The minimum absolute atomic E-state index is 0.152. The van der Waals surface area contributed by atoms with E-state index in [1.807, 2.05) is 0 Å². The van der Waals surface area contributed by atoms with Gasteiger partial charge in [0.15, 0.2) is 64.0 Å². The second-order valence-electron chi connectivity index (χ2n) is 17.9. The molecule has 77 heavy (non-hydrogen) atoms. The highest BCUT2D eigenvalue weighted by Crippen LogP contribution is 2.65. The van der Waals surface area contributed by atoms with E-state index in [9.17, 15) is 80.8 Å². The van der Waals surface area contributed by atoms with Gasteiger partial charge in [-0.15, -0.1) is 11.8 Å². The number of aromatic hydroxyl groups is 11. The first-order valence-corrected chi connectivity index (χ1v) is 23.6. The average Bonchev–Trinajstić information content (AvgIpc) is 3.90. The predicted molar refractivity (Wildman–Crippen MR) is 248 cm³/mol. The number of aromatic nitrogens is 2. The number of benzene rings is 5. The second-order valence-corrected chi connectivity index (χ2v) is 19.1. The number of fused-ring (bicyclic) bond motifs is 6. The summed E-state index contributed by atoms with van der Waals surface area (Å²) in [6, 6.07) is 9.08. The van der Waals surface area contributed by atoms with Gasteiger partial charge in [0.25, 0.3) is 5.79 Å². The molecule has 0 radical (unpaired) electrons. The fraction of sp³-hybridized carbons (Fsp3) is 0.245. The molecule has 9 atom stereocenters. The summed E-state index contributed by atoms with van der Waals surface area (Å²) >= 11 is 0.874. The van der Waals surface area contributed by atoms with E-state index in [4.69, 9.17) is 38.1 Å². The number of aliphatic hydroxyl groups excluding tert-OH is 1. The third-order valence-electron chi connectivity index (χ3n) is 13.5. The second kappa shape index (κ2) is 17.9. The number of hydrogen-bond acceptors (Lipinski definition) is 28. The lowest BCUT2D eigenvalue weighted by atomic mass is 9.71. The van der Waals surface area contributed by atoms with Crippen molar-refractivity contribution in [3.05, 3.63) is 93.8 Å². The van der Waals surface area contributed by atoms with Crippen molar-refractivity contribution in [3.8, 4) is 80.1 Å². The molecule has 1 saturated heterocycles. The highest BCUT2D eigenvalue weighted by Gasteiger charge is 2.66. The number of carbonyl (C=O) groups is 5. The number of aliphatic hydroxyl groups is 2. The molecular formula is C49H36N2O25S. The summed E-state index contributed by atoms with van der Waals surface area (Å²) in [7, 11) is 0. The summed E-state index contributed by atoms with van der Waals surface area (Å²) in [4.78, 5) is 83.5. The molecule has 4 aliphatic heterocycles. The molecule has 0 saturated carbocycles. The first kappa shape index (κ1) is 49.8. The molecule has 5 aliphatic rings. The van der Waals surface area contributed by atoms with Crippen LogP contribution in [0.15, 0.2) is 54.6 Å². The zero-order valence-electron chi connectivity index (χ0n) is 38.5. The molecule has 1 aromatic heterocycles. The average molecular weight is 1080 g/mol. The third-order valence-corrected chi connectivity index (χ3v) is 14.8. The fourth-order valence-corrected chi connectivity index (χ4v) is 11.2. The maximum atomic E-state index is 15.7. The molecule has 398 valence electrons. The first-order valence-electron chi connectivity index (χ1n) is 22.6. The Morgan fingerprint density at radius 1 is 0.662 bits per heavy atom. The number of para-hydroxylation sites is 2. The SMILES string of the molecule is O=C(O[C@@H]1O[C@@H]2COC(=O)c3cc(O)c(O)c(O)c3-c3c(cc(O)c(O)c3O)C(=O)O[C@H]3[C@H]1OC(=O)c1cc(O)c(O)c4c1[C@@H]1[C@@H](C(=O)O[C@@H]32)[C@H](SCCO)c2nc3ccccc3nc2[C@]1(O)O4)c1cc(O)c(O)c(O)c1. The van der Waals surface area contributed by atoms with Crippen LogP contribution in [0.2, 0.25) is 0 Å². The molecule has 28 heteroatoms. The number of hydrogen-bond donors (Lipinski definition) is 13. The van der Waals surface area contributed by atoms with Crippen LogP contribution in [0.5, 0.6) is 69.0 Å². The molecule has 0 spiro atoms. The van der Waals surface area contributed by atoms with Crippen molar-refractivity contribution in [2.45, 2.75) is 47.7 Å². The Kier molecular flexibility index (Phi) is 11.6. The lowest BCUT2D eigenvalue weighted by molar-refractivity contribution is -0.288. The smallest absolute Gasteiger partial charge is 0.340 e. The van der Waals surface area contributed by atoms with E-state index in [0.717, 1.165) is 11.8 Å². The van der Waals surface area contributed by atoms with Crippen LogP contribution in [0.3, 0.4) is 0 Å². The molecule has 5 aromatic carbocycles. The van der Waals surface area contributed by atoms with Crippen LogP contribution in [-0.2, 0) is 39.0 Å². The number of rotatable bonds is 5. The lowest BCUT2D eigenvalue weighted by Crippen LogP contribution is -2.63. The Balaban J connectivity index is 1.16. The molecule has 5 heterocycles. The number of cyclic esters (lactones) is 1. The van der Waals surface area contributed by atoms with Gasteiger partial charge in [-0.1, -0.05) is 12.1 Å². The number of esters is 5. The van der Waals surface area contributed by atoms with Gasteiger partial charge in [0.1, 0.15) is 18.4 Å². The fourth-order valence-electron chi connectivity index (χ4n) is 10.1. The van der Waals surface area contributed by atoms with Gasteiger partial charge in [0, 0.05) is 22.4 Å². The summed E-state index contributed by atoms with van der Waals surface area (Å²) in [6.07, 6.45) is -11.9. The van der Waals surface area contributed by atoms with E-state index in [1.165, 1.54) is 6.07 Å². The summed E-state index contributed by atoms with van der Waals surface area (Å²) in [5.74, 6) is -29.1. The van der Waals surface area contributed by atoms with Gasteiger partial charge in [0.05, 0.1) is 62.7 Å². The van der Waals surface area contributed by atoms with Crippen molar-refractivity contribution < 1.29 is 124 Å². The Labute approximate surface area is 431 Å². The van der Waals surface area contributed by atoms with E-state index < -0.39 is 205 Å². The molecule has 27 nitrogen and oxygen atoms in total. The van der Waals surface area contributed by atoms with Gasteiger partial charge in [0.2, 0.25) is 29.6 Å². The van der Waals surface area contributed by atoms with Crippen LogP contribution in [0.25, 0.3) is 22.2 Å². The summed E-state index contributed by atoms with van der Waals surface area (Å²) in [5, 5.41) is 140. The van der Waals surface area contributed by atoms with Gasteiger partial charge < -0.3 is 99.5 Å². The summed E-state index contributed by atoms with van der Waals surface area (Å²) < 4.78 is 41.7. The van der Waals surface area contributed by atoms with Crippen LogP contribution in [0.1, 0.15) is 69.6 Å². The Morgan fingerprint density at radius 2 is 1.22 bits per heavy atom. The molecule has 11 rings (SSSR count). The van der Waals surface area contributed by atoms with Crippen LogP contribution >= 0.6 is 11.8 Å². The quantitative estimate of drug-likeness (QED) is 0.0668. The normalized spacial score (nSPS) is 25.1. The van der Waals surface area contributed by atoms with Crippen molar-refractivity contribution in [2.24, 2.45) is 5.92 Å². The van der Waals surface area contributed by atoms with Gasteiger partial charge in [-0.2, -0.15) is 0 Å². The highest BCUT2D eigenvalue weighted by molar-refractivity contribution is 7.99. The Hall–Kier alpha value is -9.38. The van der Waals surface area contributed by atoms with E-state index in [0.29, 0.717) is 30.3 Å². The number of ether oxygens (including phenoxy) is 7. The molecule has 6 aromatic rings. The van der Waals surface area contributed by atoms with Gasteiger partial charge in [-0.25, -0.2) is 29.1 Å². The van der Waals surface area contributed by atoms with Crippen LogP contribution < -0.4 is 4.74 Å². The van der Waals surface area contributed by atoms with Gasteiger partial charge in [-0.05, 0) is 42.5 Å². The summed E-state index contributed by atoms with van der Waals surface area (Å²) in [5.41, 5.74) is -6.37. The molecular weight excluding hydrogens is 1050 g/mol. The number of thioether (sulfide) groups is 1. The molecule has 0 amide bonds. The van der Waals surface area contributed by atoms with E-state index in [2.05, 4.69) is 4.98 Å². The largest absolute Gasteiger partial charge is 0.504 e. The van der Waals surface area contributed by atoms with Crippen molar-refractivity contribution in [1.82, 2.24) is 9.97 Å². The number of phenols is 11. The maximum absolute atomic E-state index is 15.7. The first-order chi connectivity index (χ1) is 36.6. The summed E-state index contributed by atoms with van der Waals surface area (Å²) in [6.45, 7) is -1.75. The third kappa shape index (κ3) is 7.58. The van der Waals surface area contributed by atoms with Crippen molar-refractivity contribution in [3.63, 3.8) is 0 Å². The lowest BCUT2D eigenvalue weighted by Gasteiger charge is -2.45. The number of carbonyl (C=O) groups excluding carboxylic acids is 5. The Morgan fingerprint density at radius 3 is 1.86 bits per heavy atom. The van der Waals surface area contributed by atoms with Crippen molar-refractivity contribution in [1.29, 1.82) is 0 Å². The van der Waals surface area contributed by atoms with Crippen molar-refractivity contribution in [2.75, 3.05) is 19.0 Å². The van der Waals surface area contributed by atoms with Gasteiger partial charge >= 0.3 is 29.8 Å². The van der Waals surface area contributed by atoms with E-state index >= 15 is 9.59 Å². The van der Waals surface area contributed by atoms with Crippen LogP contribution in [-0.4, -0.2) is 156 Å². The zero-order valence-corrected chi connectivity index (χ0v) is 39.3. The Bertz CT molecular complexity index is 3590. The monoisotopic (exact) mass is 1080 g/mol. The van der Waals surface area contributed by atoms with Crippen molar-refractivity contribution >= 4 is 52.6 Å². The molecule has 1 fully saturated rings. The topological polar surface area (TPSA) is 439 Å². The maximum Gasteiger partial charge on any atom is 0.340 e. The number of nitrogens with zero attached hydrogens (tertiary/aromatic N) is 2. The molecule has 0 unspecified atom stereocenters. The van der Waals surface area contributed by atoms with E-state index in [-0.39, 0.29) is 28.2 Å². The van der Waals surface area contributed by atoms with E-state index in [1.54, 1.807) is 18.2 Å². The predicted octanol–water partition coefficient (Wildman–Crippen LogP) is 2.20. The van der Waals surface area contributed by atoms with Crippen LogP contribution in [0, 0.1) is 5.92 Å². The van der Waals surface area contributed by atoms with Gasteiger partial charge in [-0.3, -0.25) is 4.79 Å². The molecule has 4 bridgehead atoms. The molecule has 1 aliphatic carbocycles. The minimum Gasteiger partial charge on any atom is -0.504 e. The minimum atomic E-state index is -2.91. The zero-order chi connectivity index (χ0) is 54.8.